The van der Waals surface area contributed by atoms with E-state index in [0.29, 0.717) is 42.2 Å². The number of carbonyl (C=O) groups is 2. The second-order valence-corrected chi connectivity index (χ2v) is 9.30. The number of aromatic nitrogens is 5. The van der Waals surface area contributed by atoms with Crippen molar-refractivity contribution in [1.29, 1.82) is 0 Å². The molecule has 1 unspecified atom stereocenters. The summed E-state index contributed by atoms with van der Waals surface area (Å²) < 4.78 is 40.6. The first-order valence-corrected chi connectivity index (χ1v) is 12.6. The van der Waals surface area contributed by atoms with Gasteiger partial charge in [-0.1, -0.05) is 12.1 Å². The Morgan fingerprint density at radius 3 is 2.65 bits per heavy atom. The number of hydrogen-bond acceptors (Lipinski definition) is 7. The number of hydrogen-bond donors (Lipinski definition) is 3. The first-order chi connectivity index (χ1) is 19.2. The number of rotatable bonds is 5. The van der Waals surface area contributed by atoms with Gasteiger partial charge in [-0.15, -0.1) is 0 Å². The molecule has 11 nitrogen and oxygen atoms in total. The van der Waals surface area contributed by atoms with Crippen LogP contribution in [-0.2, 0) is 6.18 Å². The van der Waals surface area contributed by atoms with Crippen LogP contribution in [0.1, 0.15) is 47.4 Å². The Morgan fingerprint density at radius 2 is 1.93 bits per heavy atom. The van der Waals surface area contributed by atoms with E-state index >= 15 is 0 Å². The zero-order valence-corrected chi connectivity index (χ0v) is 21.4. The molecule has 208 valence electrons. The molecule has 0 radical (unpaired) electrons. The Bertz CT molecular complexity index is 1550. The van der Waals surface area contributed by atoms with Crippen LogP contribution in [0.4, 0.5) is 29.6 Å². The fourth-order valence-electron chi connectivity index (χ4n) is 4.72. The van der Waals surface area contributed by atoms with Crippen LogP contribution in [0.2, 0.25) is 0 Å². The number of alkyl halides is 3. The minimum atomic E-state index is -4.56. The molecule has 14 heteroatoms. The van der Waals surface area contributed by atoms with Gasteiger partial charge >= 0.3 is 12.2 Å². The average molecular weight is 554 g/mol. The Hall–Kier alpha value is -4.75. The molecule has 5 rings (SSSR count). The third-order valence-corrected chi connectivity index (χ3v) is 6.64. The third-order valence-electron chi connectivity index (χ3n) is 6.64. The number of nitrogens with one attached hydrogen (secondary N) is 2. The van der Waals surface area contributed by atoms with Gasteiger partial charge in [0.15, 0.2) is 5.82 Å². The van der Waals surface area contributed by atoms with E-state index < -0.39 is 17.6 Å². The summed E-state index contributed by atoms with van der Waals surface area (Å²) in [6.07, 6.45) is -0.619. The number of piperidine rings is 1. The topological polar surface area (TPSA) is 143 Å². The van der Waals surface area contributed by atoms with E-state index in [0.717, 1.165) is 31.2 Å². The number of nitrogens with zero attached hydrogens (tertiary/aromatic N) is 6. The fraction of sp³-hybridized carbons (Fsp3) is 0.308. The molecule has 4 N–H and O–H groups in total. The Kier molecular flexibility index (Phi) is 7.24. The normalized spacial score (nSPS) is 15.7. The fourth-order valence-corrected chi connectivity index (χ4v) is 4.72. The van der Waals surface area contributed by atoms with Crippen LogP contribution in [0.3, 0.4) is 0 Å². The SMILES string of the molecule is CCNC(=O)N1CCCC(c2nc(-c3ccc(C(=O)Nc4cc(C(F)(F)F)ccn4)cc3)c3c(N)ncnn23)C1. The largest absolute Gasteiger partial charge is 0.416 e. The van der Waals surface area contributed by atoms with E-state index in [2.05, 4.69) is 25.7 Å². The lowest BCUT2D eigenvalue weighted by molar-refractivity contribution is -0.137. The van der Waals surface area contributed by atoms with Crippen molar-refractivity contribution in [3.8, 4) is 11.3 Å². The van der Waals surface area contributed by atoms with Gasteiger partial charge in [0.25, 0.3) is 5.91 Å². The van der Waals surface area contributed by atoms with Crippen molar-refractivity contribution in [1.82, 2.24) is 34.8 Å². The van der Waals surface area contributed by atoms with E-state index in [9.17, 15) is 22.8 Å². The molecule has 40 heavy (non-hydrogen) atoms. The molecule has 0 bridgehead atoms. The van der Waals surface area contributed by atoms with Gasteiger partial charge in [0.2, 0.25) is 0 Å². The summed E-state index contributed by atoms with van der Waals surface area (Å²) in [5.74, 6) is -0.0583. The van der Waals surface area contributed by atoms with Crippen molar-refractivity contribution in [2.45, 2.75) is 31.9 Å². The van der Waals surface area contributed by atoms with Crippen molar-refractivity contribution in [2.75, 3.05) is 30.7 Å². The number of urea groups is 1. The summed E-state index contributed by atoms with van der Waals surface area (Å²) >= 11 is 0. The predicted molar refractivity (Wildman–Crippen MR) is 140 cm³/mol. The highest BCUT2D eigenvalue weighted by atomic mass is 19.4. The second-order valence-electron chi connectivity index (χ2n) is 9.30. The van der Waals surface area contributed by atoms with E-state index in [1.54, 1.807) is 21.5 Å². The summed E-state index contributed by atoms with van der Waals surface area (Å²) in [5.41, 5.74) is 7.16. The van der Waals surface area contributed by atoms with Crippen LogP contribution in [0.5, 0.6) is 0 Å². The number of imidazole rings is 1. The standard InChI is InChI=1S/C26H26F3N9O2/c1-2-31-25(40)37-11-3-4-17(13-37)23-36-20(21-22(30)33-14-34-38(21)23)15-5-7-16(8-6-15)24(39)35-19-12-18(9-10-32-19)26(27,28)29/h5-10,12,14,17H,2-4,11,13H2,1H3,(H,31,40)(H2,30,33,34)(H,32,35,39). The number of benzene rings is 1. The molecule has 0 aliphatic carbocycles. The average Bonchev–Trinajstić information content (AvgIpc) is 3.34. The minimum absolute atomic E-state index is 0.0862. The highest BCUT2D eigenvalue weighted by Gasteiger charge is 2.31. The van der Waals surface area contributed by atoms with Gasteiger partial charge in [0.05, 0.1) is 5.56 Å². The predicted octanol–water partition coefficient (Wildman–Crippen LogP) is 3.95. The zero-order valence-electron chi connectivity index (χ0n) is 21.4. The number of pyridine rings is 1. The molecule has 3 amide bonds. The highest BCUT2D eigenvalue weighted by molar-refractivity contribution is 6.04. The summed E-state index contributed by atoms with van der Waals surface area (Å²) in [7, 11) is 0. The van der Waals surface area contributed by atoms with E-state index in [-0.39, 0.29) is 29.1 Å². The number of halogens is 3. The Labute approximate surface area is 226 Å². The molecule has 1 atom stereocenters. The lowest BCUT2D eigenvalue weighted by atomic mass is 9.97. The second kappa shape index (κ2) is 10.8. The lowest BCUT2D eigenvalue weighted by Crippen LogP contribution is -2.45. The number of anilines is 2. The maximum Gasteiger partial charge on any atom is 0.416 e. The Morgan fingerprint density at radius 1 is 1.15 bits per heavy atom. The van der Waals surface area contributed by atoms with Crippen LogP contribution in [0.25, 0.3) is 16.8 Å². The summed E-state index contributed by atoms with van der Waals surface area (Å²) in [5, 5.41) is 9.60. The maximum atomic E-state index is 13.0. The van der Waals surface area contributed by atoms with Crippen molar-refractivity contribution < 1.29 is 22.8 Å². The minimum Gasteiger partial charge on any atom is -0.382 e. The van der Waals surface area contributed by atoms with Gasteiger partial charge in [-0.3, -0.25) is 4.79 Å². The maximum absolute atomic E-state index is 13.0. The highest BCUT2D eigenvalue weighted by Crippen LogP contribution is 2.34. The van der Waals surface area contributed by atoms with Crippen LogP contribution < -0.4 is 16.4 Å². The monoisotopic (exact) mass is 553 g/mol. The first-order valence-electron chi connectivity index (χ1n) is 12.6. The van der Waals surface area contributed by atoms with Gasteiger partial charge in [0, 0.05) is 42.9 Å². The summed E-state index contributed by atoms with van der Waals surface area (Å²) in [4.78, 5) is 39.7. The smallest absolute Gasteiger partial charge is 0.382 e. The van der Waals surface area contributed by atoms with Crippen molar-refractivity contribution >= 4 is 29.1 Å². The van der Waals surface area contributed by atoms with Gasteiger partial charge < -0.3 is 21.3 Å². The van der Waals surface area contributed by atoms with Gasteiger partial charge in [-0.2, -0.15) is 18.3 Å². The molecule has 1 fully saturated rings. The number of likely N-dealkylation sites (tertiary alicyclic amines) is 1. The molecule has 0 saturated carbocycles. The van der Waals surface area contributed by atoms with E-state index in [4.69, 9.17) is 10.7 Å². The van der Waals surface area contributed by atoms with Crippen LogP contribution in [0, 0.1) is 0 Å². The molecule has 3 aromatic heterocycles. The van der Waals surface area contributed by atoms with Crippen molar-refractivity contribution in [3.05, 3.63) is 65.9 Å². The quantitative estimate of drug-likeness (QED) is 0.340. The van der Waals surface area contributed by atoms with Gasteiger partial charge in [0.1, 0.15) is 29.2 Å². The lowest BCUT2D eigenvalue weighted by Gasteiger charge is -2.31. The van der Waals surface area contributed by atoms with Crippen molar-refractivity contribution in [2.24, 2.45) is 0 Å². The molecule has 1 aromatic carbocycles. The van der Waals surface area contributed by atoms with E-state index in [1.807, 2.05) is 6.92 Å². The number of amides is 3. The van der Waals surface area contributed by atoms with Crippen LogP contribution in [0.15, 0.2) is 48.9 Å². The van der Waals surface area contributed by atoms with E-state index in [1.165, 1.54) is 18.5 Å². The first kappa shape index (κ1) is 26.8. The summed E-state index contributed by atoms with van der Waals surface area (Å²) in [6.45, 7) is 3.52. The van der Waals surface area contributed by atoms with Gasteiger partial charge in [-0.05, 0) is 44.0 Å². The molecular formula is C26H26F3N9O2. The van der Waals surface area contributed by atoms with Crippen LogP contribution >= 0.6 is 0 Å². The molecule has 4 heterocycles. The molecule has 4 aromatic rings. The Balaban J connectivity index is 1.42. The molecule has 1 aliphatic heterocycles. The number of nitrogens with two attached hydrogens (primary N) is 1. The van der Waals surface area contributed by atoms with Crippen molar-refractivity contribution in [3.63, 3.8) is 0 Å². The summed E-state index contributed by atoms with van der Waals surface area (Å²) in [6, 6.07) is 7.85. The number of nitrogen functional groups attached to an aromatic ring is 1. The number of carbonyl (C=O) groups excluding carboxylic acids is 2. The molecular weight excluding hydrogens is 527 g/mol. The van der Waals surface area contributed by atoms with Crippen LogP contribution in [-0.4, -0.2) is 61.0 Å². The number of fused-ring (bicyclic) bond motifs is 1. The molecule has 1 saturated heterocycles. The zero-order chi connectivity index (χ0) is 28.4. The molecule has 0 spiro atoms. The van der Waals surface area contributed by atoms with Gasteiger partial charge in [-0.25, -0.2) is 24.3 Å². The molecule has 1 aliphatic rings. The third kappa shape index (κ3) is 5.37.